The number of rotatable bonds is 7. The number of esters is 1. The molecule has 0 fully saturated rings. The van der Waals surface area contributed by atoms with E-state index in [9.17, 15) is 9.59 Å². The fourth-order valence-electron chi connectivity index (χ4n) is 2.92. The first-order valence-electron chi connectivity index (χ1n) is 9.22. The number of aryl methyl sites for hydroxylation is 1. The van der Waals surface area contributed by atoms with Crippen molar-refractivity contribution in [2.24, 2.45) is 0 Å². The lowest BCUT2D eigenvalue weighted by atomic mass is 10.0. The summed E-state index contributed by atoms with van der Waals surface area (Å²) in [6.07, 6.45) is 0.200. The van der Waals surface area contributed by atoms with Gasteiger partial charge in [0.2, 0.25) is 11.9 Å². The van der Waals surface area contributed by atoms with Crippen LogP contribution < -0.4 is 21.0 Å². The van der Waals surface area contributed by atoms with Gasteiger partial charge in [0.05, 0.1) is 7.11 Å². The van der Waals surface area contributed by atoms with Crippen LogP contribution in [-0.4, -0.2) is 42.1 Å². The third-order valence-electron chi connectivity index (χ3n) is 4.52. The molecule has 30 heavy (non-hydrogen) atoms. The van der Waals surface area contributed by atoms with Gasteiger partial charge in [0.1, 0.15) is 11.3 Å². The molecule has 0 spiro atoms. The maximum absolute atomic E-state index is 12.4. The number of hydrogen-bond acceptors (Lipinski definition) is 10. The van der Waals surface area contributed by atoms with E-state index in [2.05, 4.69) is 15.0 Å². The largest absolute Gasteiger partial charge is 0.497 e. The van der Waals surface area contributed by atoms with E-state index in [0.29, 0.717) is 22.8 Å². The van der Waals surface area contributed by atoms with Crippen LogP contribution in [0, 0.1) is 6.92 Å². The van der Waals surface area contributed by atoms with E-state index in [0.717, 1.165) is 10.9 Å². The molecular formula is C20H23N5O5. The van der Waals surface area contributed by atoms with Crippen LogP contribution in [-0.2, 0) is 22.6 Å². The Bertz CT molecular complexity index is 1140. The Morgan fingerprint density at radius 3 is 2.70 bits per heavy atom. The van der Waals surface area contributed by atoms with Crippen molar-refractivity contribution in [1.29, 1.82) is 0 Å². The van der Waals surface area contributed by atoms with E-state index in [4.69, 9.17) is 19.6 Å². The Kier molecular flexibility index (Phi) is 6.14. The second-order valence-electron chi connectivity index (χ2n) is 6.82. The first-order chi connectivity index (χ1) is 14.3. The number of nitrogens with two attached hydrogens (primary N) is 1. The fourth-order valence-corrected chi connectivity index (χ4v) is 2.92. The first kappa shape index (κ1) is 21.0. The summed E-state index contributed by atoms with van der Waals surface area (Å²) in [5, 5.41) is 0.788. The summed E-state index contributed by atoms with van der Waals surface area (Å²) in [5.41, 5.74) is 6.80. The lowest BCUT2D eigenvalue weighted by Gasteiger charge is -2.11. The van der Waals surface area contributed by atoms with Gasteiger partial charge in [-0.2, -0.15) is 15.0 Å². The fraction of sp³-hybridized carbons (Fsp3) is 0.350. The van der Waals surface area contributed by atoms with Crippen LogP contribution in [0.1, 0.15) is 23.4 Å². The number of aromatic nitrogens is 3. The van der Waals surface area contributed by atoms with Gasteiger partial charge < -0.3 is 24.5 Å². The van der Waals surface area contributed by atoms with Gasteiger partial charge in [0, 0.05) is 37.5 Å². The Morgan fingerprint density at radius 1 is 1.23 bits per heavy atom. The van der Waals surface area contributed by atoms with Gasteiger partial charge in [-0.25, -0.2) is 4.79 Å². The zero-order chi connectivity index (χ0) is 21.8. The van der Waals surface area contributed by atoms with Crippen LogP contribution >= 0.6 is 0 Å². The van der Waals surface area contributed by atoms with E-state index in [-0.39, 0.29) is 31.2 Å². The topological polar surface area (TPSA) is 134 Å². The second-order valence-corrected chi connectivity index (χ2v) is 6.82. The third-order valence-corrected chi connectivity index (χ3v) is 4.52. The molecule has 0 radical (unpaired) electrons. The van der Waals surface area contributed by atoms with Crippen molar-refractivity contribution in [1.82, 2.24) is 15.0 Å². The molecule has 0 saturated heterocycles. The molecule has 0 saturated carbocycles. The Morgan fingerprint density at radius 2 is 2.00 bits per heavy atom. The van der Waals surface area contributed by atoms with Crippen LogP contribution in [0.25, 0.3) is 11.0 Å². The third kappa shape index (κ3) is 4.65. The highest BCUT2D eigenvalue weighted by atomic mass is 16.5. The van der Waals surface area contributed by atoms with Gasteiger partial charge in [-0.15, -0.1) is 0 Å². The number of methoxy groups -OCH3 is 1. The summed E-state index contributed by atoms with van der Waals surface area (Å²) in [7, 11) is 5.06. The lowest BCUT2D eigenvalue weighted by Crippen LogP contribution is -2.17. The summed E-state index contributed by atoms with van der Waals surface area (Å²) in [5.74, 6) is 0.761. The Balaban J connectivity index is 1.68. The molecule has 3 aromatic rings. The average Bonchev–Trinajstić information content (AvgIpc) is 2.71. The Hall–Kier alpha value is -3.69. The van der Waals surface area contributed by atoms with E-state index >= 15 is 0 Å². The lowest BCUT2D eigenvalue weighted by molar-refractivity contribution is -0.145. The van der Waals surface area contributed by atoms with Crippen molar-refractivity contribution in [2.45, 2.75) is 26.4 Å². The minimum atomic E-state index is -0.492. The first-order valence-corrected chi connectivity index (χ1v) is 9.22. The van der Waals surface area contributed by atoms with Crippen molar-refractivity contribution in [3.8, 4) is 5.75 Å². The summed E-state index contributed by atoms with van der Waals surface area (Å²) in [6.45, 7) is 1.68. The molecule has 10 nitrogen and oxygen atoms in total. The maximum Gasteiger partial charge on any atom is 0.339 e. The molecule has 3 rings (SSSR count). The molecular weight excluding hydrogens is 390 g/mol. The van der Waals surface area contributed by atoms with Crippen molar-refractivity contribution >= 4 is 28.8 Å². The number of hydrogen-bond donors (Lipinski definition) is 1. The number of fused-ring (bicyclic) bond motifs is 1. The summed E-state index contributed by atoms with van der Waals surface area (Å²) >= 11 is 0. The predicted octanol–water partition coefficient (Wildman–Crippen LogP) is 1.62. The van der Waals surface area contributed by atoms with Crippen molar-refractivity contribution in [2.75, 3.05) is 31.8 Å². The molecule has 0 bridgehead atoms. The summed E-state index contributed by atoms with van der Waals surface area (Å²) in [6, 6.07) is 5.27. The molecule has 0 aliphatic rings. The molecule has 0 amide bonds. The van der Waals surface area contributed by atoms with Crippen LogP contribution in [0.4, 0.5) is 11.9 Å². The normalized spacial score (nSPS) is 10.8. The molecule has 0 aliphatic carbocycles. The quantitative estimate of drug-likeness (QED) is 0.450. The molecule has 0 aliphatic heterocycles. The maximum atomic E-state index is 12.4. The van der Waals surface area contributed by atoms with Gasteiger partial charge in [0.25, 0.3) is 0 Å². The number of anilines is 2. The monoisotopic (exact) mass is 413 g/mol. The minimum absolute atomic E-state index is 0.00830. The standard InChI is InChI=1S/C20H23N5O5/c1-11-13-6-5-12(28-4)9-15(13)30-18(27)14(11)7-8-17(26)29-10-16-22-19(21)24-20(23-16)25(2)3/h5-6,9H,7-8,10H2,1-4H3,(H2,21,22,23,24). The zero-order valence-electron chi connectivity index (χ0n) is 17.3. The molecule has 1 aromatic carbocycles. The van der Waals surface area contributed by atoms with Crippen molar-refractivity contribution in [3.63, 3.8) is 0 Å². The highest BCUT2D eigenvalue weighted by molar-refractivity contribution is 5.82. The number of nitrogen functional groups attached to an aromatic ring is 1. The summed E-state index contributed by atoms with van der Waals surface area (Å²) < 4.78 is 15.8. The van der Waals surface area contributed by atoms with E-state index in [1.165, 1.54) is 0 Å². The van der Waals surface area contributed by atoms with Gasteiger partial charge >= 0.3 is 11.6 Å². The van der Waals surface area contributed by atoms with Crippen LogP contribution in [0.2, 0.25) is 0 Å². The zero-order valence-corrected chi connectivity index (χ0v) is 17.3. The Labute approximate surface area is 172 Å². The summed E-state index contributed by atoms with van der Waals surface area (Å²) in [4.78, 5) is 38.3. The van der Waals surface area contributed by atoms with Crippen LogP contribution in [0.5, 0.6) is 5.75 Å². The molecule has 2 N–H and O–H groups in total. The van der Waals surface area contributed by atoms with Crippen molar-refractivity contribution < 1.29 is 18.7 Å². The molecule has 2 aromatic heterocycles. The van der Waals surface area contributed by atoms with Gasteiger partial charge in [0.15, 0.2) is 12.4 Å². The predicted molar refractivity (Wildman–Crippen MR) is 110 cm³/mol. The number of carbonyl (C=O) groups is 1. The smallest absolute Gasteiger partial charge is 0.339 e. The minimum Gasteiger partial charge on any atom is -0.497 e. The number of benzene rings is 1. The molecule has 2 heterocycles. The SMILES string of the molecule is COc1ccc2c(C)c(CCC(=O)OCc3nc(N)nc(N(C)C)n3)c(=O)oc2c1. The molecule has 158 valence electrons. The number of nitrogens with zero attached hydrogens (tertiary/aromatic N) is 4. The van der Waals surface area contributed by atoms with E-state index < -0.39 is 11.6 Å². The van der Waals surface area contributed by atoms with Crippen molar-refractivity contribution in [3.05, 3.63) is 45.6 Å². The highest BCUT2D eigenvalue weighted by Crippen LogP contribution is 2.24. The van der Waals surface area contributed by atoms with Gasteiger partial charge in [-0.05, 0) is 31.0 Å². The average molecular weight is 413 g/mol. The highest BCUT2D eigenvalue weighted by Gasteiger charge is 2.15. The van der Waals surface area contributed by atoms with E-state index in [1.807, 2.05) is 13.0 Å². The molecule has 0 unspecified atom stereocenters. The van der Waals surface area contributed by atoms with Gasteiger partial charge in [-0.1, -0.05) is 0 Å². The van der Waals surface area contributed by atoms with Crippen LogP contribution in [0.15, 0.2) is 27.4 Å². The second kappa shape index (κ2) is 8.76. The van der Waals surface area contributed by atoms with Gasteiger partial charge in [-0.3, -0.25) is 4.79 Å². The number of carbonyl (C=O) groups excluding carboxylic acids is 1. The molecule has 0 atom stereocenters. The number of ether oxygens (including phenoxy) is 2. The molecule has 10 heteroatoms. The van der Waals surface area contributed by atoms with Crippen LogP contribution in [0.3, 0.4) is 0 Å². The van der Waals surface area contributed by atoms with E-state index in [1.54, 1.807) is 38.2 Å².